The van der Waals surface area contributed by atoms with Crippen LogP contribution in [0.1, 0.15) is 0 Å². The normalized spacial score (nSPS) is 11.3. The summed E-state index contributed by atoms with van der Waals surface area (Å²) in [5.74, 6) is 0. The second kappa shape index (κ2) is 13.4. The van der Waals surface area contributed by atoms with E-state index in [-0.39, 0.29) is 0 Å². The molecule has 2 heteroatoms. The topological polar surface area (TPSA) is 16.4 Å². The van der Waals surface area contributed by atoms with E-state index in [1.165, 1.54) is 44.2 Å². The number of hydrogen-bond acceptors (Lipinski definition) is 2. The van der Waals surface area contributed by atoms with Crippen LogP contribution in [0, 0.1) is 0 Å². The van der Waals surface area contributed by atoms with Gasteiger partial charge in [0, 0.05) is 27.7 Å². The molecule has 2 nitrogen and oxygen atoms in total. The van der Waals surface area contributed by atoms with Gasteiger partial charge in [-0.25, -0.2) is 0 Å². The highest BCUT2D eigenvalue weighted by molar-refractivity contribution is 6.20. The van der Waals surface area contributed by atoms with E-state index in [0.29, 0.717) is 0 Å². The van der Waals surface area contributed by atoms with Crippen molar-refractivity contribution in [2.75, 3.05) is 4.90 Å². The van der Waals surface area contributed by atoms with Crippen LogP contribution in [0.5, 0.6) is 0 Å². The second-order valence-electron chi connectivity index (χ2n) is 13.7. The van der Waals surface area contributed by atoms with Gasteiger partial charge in [-0.3, -0.25) is 0 Å². The summed E-state index contributed by atoms with van der Waals surface area (Å²) in [6.07, 6.45) is 0. The Labute approximate surface area is 314 Å². The third-order valence-corrected chi connectivity index (χ3v) is 10.5. The summed E-state index contributed by atoms with van der Waals surface area (Å²) in [7, 11) is 0. The number of para-hydroxylation sites is 1. The van der Waals surface area contributed by atoms with Gasteiger partial charge in [0.2, 0.25) is 0 Å². The van der Waals surface area contributed by atoms with Crippen LogP contribution in [-0.2, 0) is 0 Å². The number of hydrogen-bond donors (Lipinski definition) is 0. The molecule has 0 amide bonds. The summed E-state index contributed by atoms with van der Waals surface area (Å²) in [6.45, 7) is 0. The maximum Gasteiger partial charge on any atom is 0.159 e. The molecule has 0 aliphatic heterocycles. The van der Waals surface area contributed by atoms with Gasteiger partial charge in [0.15, 0.2) is 5.58 Å². The van der Waals surface area contributed by atoms with Crippen molar-refractivity contribution in [3.63, 3.8) is 0 Å². The van der Waals surface area contributed by atoms with Gasteiger partial charge in [0.1, 0.15) is 5.58 Å². The molecule has 1 aromatic heterocycles. The summed E-state index contributed by atoms with van der Waals surface area (Å²) in [5.41, 5.74) is 14.2. The van der Waals surface area contributed by atoms with E-state index in [4.69, 9.17) is 4.42 Å². The average Bonchev–Trinajstić information content (AvgIpc) is 3.63. The van der Waals surface area contributed by atoms with Crippen LogP contribution in [0.4, 0.5) is 17.1 Å². The van der Waals surface area contributed by atoms with E-state index in [1.807, 2.05) is 0 Å². The minimum absolute atomic E-state index is 0.854. The van der Waals surface area contributed by atoms with Crippen LogP contribution in [0.25, 0.3) is 77.2 Å². The van der Waals surface area contributed by atoms with E-state index < -0.39 is 0 Å². The van der Waals surface area contributed by atoms with Crippen LogP contribution in [0.2, 0.25) is 0 Å². The quantitative estimate of drug-likeness (QED) is 0.166. The maximum absolute atomic E-state index is 7.09. The van der Waals surface area contributed by atoms with E-state index >= 15 is 0 Å². The maximum atomic E-state index is 7.09. The van der Waals surface area contributed by atoms with Gasteiger partial charge in [0.05, 0.1) is 5.69 Å². The van der Waals surface area contributed by atoms with Crippen molar-refractivity contribution in [2.45, 2.75) is 0 Å². The monoisotopic (exact) mass is 689 g/mol. The van der Waals surface area contributed by atoms with Crippen molar-refractivity contribution in [2.24, 2.45) is 0 Å². The fraction of sp³-hybridized carbons (Fsp3) is 0. The van der Waals surface area contributed by atoms with Gasteiger partial charge < -0.3 is 9.32 Å². The summed E-state index contributed by atoms with van der Waals surface area (Å²) >= 11 is 0. The SMILES string of the molecule is c1ccc(-c2ccc(-c3ccc(N(c4ccc(-c5ccccc5)cc4)c4cccc5c4oc4c(-c6ccccc6)c6ccccc6cc45)cc3)cc2)cc1. The highest BCUT2D eigenvalue weighted by atomic mass is 16.3. The van der Waals surface area contributed by atoms with Crippen molar-refractivity contribution < 1.29 is 4.42 Å². The van der Waals surface area contributed by atoms with E-state index in [0.717, 1.165) is 50.1 Å². The first kappa shape index (κ1) is 31.6. The minimum Gasteiger partial charge on any atom is -0.453 e. The lowest BCUT2D eigenvalue weighted by Gasteiger charge is -2.26. The van der Waals surface area contributed by atoms with Crippen LogP contribution in [-0.4, -0.2) is 0 Å². The van der Waals surface area contributed by atoms with Gasteiger partial charge >= 0.3 is 0 Å². The number of furan rings is 1. The third kappa shape index (κ3) is 5.62. The molecule has 10 aromatic rings. The number of benzene rings is 9. The summed E-state index contributed by atoms with van der Waals surface area (Å²) < 4.78 is 7.09. The van der Waals surface area contributed by atoms with Crippen LogP contribution >= 0.6 is 0 Å². The van der Waals surface area contributed by atoms with Crippen molar-refractivity contribution in [3.05, 3.63) is 212 Å². The largest absolute Gasteiger partial charge is 0.453 e. The molecule has 0 aliphatic rings. The Bertz CT molecular complexity index is 2880. The Morgan fingerprint density at radius 2 is 0.722 bits per heavy atom. The van der Waals surface area contributed by atoms with Gasteiger partial charge in [-0.05, 0) is 86.1 Å². The molecule has 0 saturated carbocycles. The van der Waals surface area contributed by atoms with Crippen LogP contribution in [0.3, 0.4) is 0 Å². The molecule has 254 valence electrons. The molecule has 0 spiro atoms. The molecule has 0 atom stereocenters. The molecule has 0 saturated heterocycles. The number of anilines is 3. The molecule has 0 fully saturated rings. The molecular formula is C52H35NO. The number of rotatable bonds is 7. The van der Waals surface area contributed by atoms with Crippen molar-refractivity contribution >= 4 is 49.8 Å². The zero-order chi connectivity index (χ0) is 35.8. The van der Waals surface area contributed by atoms with Crippen molar-refractivity contribution in [3.8, 4) is 44.5 Å². The summed E-state index contributed by atoms with van der Waals surface area (Å²) in [5, 5.41) is 4.57. The first-order valence-electron chi connectivity index (χ1n) is 18.4. The third-order valence-electron chi connectivity index (χ3n) is 10.5. The molecule has 0 bridgehead atoms. The fourth-order valence-electron chi connectivity index (χ4n) is 7.80. The van der Waals surface area contributed by atoms with Gasteiger partial charge in [0.25, 0.3) is 0 Å². The van der Waals surface area contributed by atoms with Crippen molar-refractivity contribution in [1.82, 2.24) is 0 Å². The Morgan fingerprint density at radius 3 is 1.26 bits per heavy atom. The predicted molar refractivity (Wildman–Crippen MR) is 228 cm³/mol. The Kier molecular flexibility index (Phi) is 7.85. The fourth-order valence-corrected chi connectivity index (χ4v) is 7.80. The molecule has 10 rings (SSSR count). The molecule has 0 unspecified atom stereocenters. The minimum atomic E-state index is 0.854. The highest BCUT2D eigenvalue weighted by Crippen LogP contribution is 2.46. The van der Waals surface area contributed by atoms with E-state index in [2.05, 4.69) is 217 Å². The zero-order valence-corrected chi connectivity index (χ0v) is 29.6. The lowest BCUT2D eigenvalue weighted by Crippen LogP contribution is -2.10. The first-order chi connectivity index (χ1) is 26.8. The van der Waals surface area contributed by atoms with Gasteiger partial charge in [-0.2, -0.15) is 0 Å². The molecular weight excluding hydrogens is 655 g/mol. The second-order valence-corrected chi connectivity index (χ2v) is 13.7. The van der Waals surface area contributed by atoms with E-state index in [1.54, 1.807) is 0 Å². The van der Waals surface area contributed by atoms with Crippen molar-refractivity contribution in [1.29, 1.82) is 0 Å². The van der Waals surface area contributed by atoms with Crippen LogP contribution < -0.4 is 4.90 Å². The summed E-state index contributed by atoms with van der Waals surface area (Å²) in [6, 6.07) is 75.6. The number of fused-ring (bicyclic) bond motifs is 4. The zero-order valence-electron chi connectivity index (χ0n) is 29.6. The molecule has 0 radical (unpaired) electrons. The smallest absolute Gasteiger partial charge is 0.159 e. The highest BCUT2D eigenvalue weighted by Gasteiger charge is 2.22. The lowest BCUT2D eigenvalue weighted by molar-refractivity contribution is 0.670. The van der Waals surface area contributed by atoms with Gasteiger partial charge in [-0.15, -0.1) is 0 Å². The van der Waals surface area contributed by atoms with Crippen LogP contribution in [0.15, 0.2) is 217 Å². The predicted octanol–water partition coefficient (Wildman–Crippen LogP) is 14.9. The Morgan fingerprint density at radius 1 is 0.296 bits per heavy atom. The first-order valence-corrected chi connectivity index (χ1v) is 18.4. The number of nitrogens with zero attached hydrogens (tertiary/aromatic N) is 1. The molecule has 0 N–H and O–H groups in total. The summed E-state index contributed by atoms with van der Waals surface area (Å²) in [4.78, 5) is 2.32. The van der Waals surface area contributed by atoms with Gasteiger partial charge in [-0.1, -0.05) is 176 Å². The molecule has 0 aliphatic carbocycles. The molecule has 1 heterocycles. The average molecular weight is 690 g/mol. The van der Waals surface area contributed by atoms with E-state index in [9.17, 15) is 0 Å². The Hall–Kier alpha value is -7.16. The molecule has 9 aromatic carbocycles. The lowest BCUT2D eigenvalue weighted by atomic mass is 9.95. The standard InChI is InChI=1S/C52H35NO/c1-4-13-36(14-5-1)38-23-25-39(26-24-38)41-29-33-45(34-30-41)53(44-31-27-40(28-32-44)37-15-6-2-7-16-37)49-22-12-21-47-48-35-43-19-10-11-20-46(43)50(52(48)54-51(47)49)42-17-8-3-9-18-42/h1-35H. The molecule has 54 heavy (non-hydrogen) atoms. The Balaban J connectivity index is 1.13.